The normalized spacial score (nSPS) is 13.1. The molecule has 1 heterocycles. The van der Waals surface area contributed by atoms with Gasteiger partial charge in [-0.2, -0.15) is 0 Å². The first kappa shape index (κ1) is 11.2. The number of methoxy groups -OCH3 is 1. The number of nitrogens with zero attached hydrogens (tertiary/aromatic N) is 1. The molecule has 80 valence electrons. The third-order valence-corrected chi connectivity index (χ3v) is 2.13. The lowest BCUT2D eigenvalue weighted by atomic mass is 10.2. The van der Waals surface area contributed by atoms with Crippen molar-refractivity contribution < 1.29 is 9.15 Å². The summed E-state index contributed by atoms with van der Waals surface area (Å²) < 4.78 is 10.6. The van der Waals surface area contributed by atoms with Crippen LogP contribution in [0.4, 0.5) is 0 Å². The molecule has 1 aromatic heterocycles. The van der Waals surface area contributed by atoms with Gasteiger partial charge in [0, 0.05) is 13.5 Å². The predicted octanol–water partition coefficient (Wildman–Crippen LogP) is 1.36. The summed E-state index contributed by atoms with van der Waals surface area (Å²) in [6.07, 6.45) is 3.90. The Morgan fingerprint density at radius 3 is 3.07 bits per heavy atom. The van der Waals surface area contributed by atoms with Crippen LogP contribution >= 0.6 is 0 Å². The van der Waals surface area contributed by atoms with Crippen LogP contribution < -0.4 is 5.32 Å². The van der Waals surface area contributed by atoms with Gasteiger partial charge in [0.05, 0.1) is 18.8 Å². The summed E-state index contributed by atoms with van der Waals surface area (Å²) in [5.74, 6) is 1.67. The Bertz CT molecular complexity index is 260. The largest absolute Gasteiger partial charge is 0.444 e. The van der Waals surface area contributed by atoms with E-state index in [4.69, 9.17) is 9.15 Å². The van der Waals surface area contributed by atoms with Crippen molar-refractivity contribution in [2.75, 3.05) is 14.2 Å². The summed E-state index contributed by atoms with van der Waals surface area (Å²) >= 11 is 0. The molecule has 0 radical (unpaired) electrons. The molecule has 1 atom stereocenters. The molecule has 0 fully saturated rings. The van der Waals surface area contributed by atoms with Gasteiger partial charge in [-0.15, -0.1) is 0 Å². The van der Waals surface area contributed by atoms with Gasteiger partial charge >= 0.3 is 0 Å². The molecule has 1 aromatic rings. The van der Waals surface area contributed by atoms with Crippen molar-refractivity contribution in [3.05, 3.63) is 17.8 Å². The van der Waals surface area contributed by atoms with E-state index < -0.39 is 0 Å². The first-order valence-electron chi connectivity index (χ1n) is 4.87. The van der Waals surface area contributed by atoms with E-state index in [0.717, 1.165) is 24.5 Å². The molecule has 1 N–H and O–H groups in total. The molecule has 14 heavy (non-hydrogen) atoms. The van der Waals surface area contributed by atoms with Crippen LogP contribution in [0.1, 0.15) is 25.0 Å². The lowest BCUT2D eigenvalue weighted by Gasteiger charge is -2.06. The molecule has 4 heteroatoms. The fourth-order valence-electron chi connectivity index (χ4n) is 1.16. The molecule has 0 spiro atoms. The summed E-state index contributed by atoms with van der Waals surface area (Å²) in [6.45, 7) is 2.73. The molecule has 1 unspecified atom stereocenters. The van der Waals surface area contributed by atoms with Crippen molar-refractivity contribution in [3.8, 4) is 0 Å². The minimum Gasteiger partial charge on any atom is -0.444 e. The first-order chi connectivity index (χ1) is 6.76. The summed E-state index contributed by atoms with van der Waals surface area (Å²) in [5.41, 5.74) is 0. The standard InChI is InChI=1S/C10H18N2O2/c1-8(13-3)4-5-9-6-12-10(14-9)7-11-2/h6,8,11H,4-5,7H2,1-3H3. The van der Waals surface area contributed by atoms with Gasteiger partial charge in [0.2, 0.25) is 5.89 Å². The second-order valence-corrected chi connectivity index (χ2v) is 3.34. The number of aromatic nitrogens is 1. The van der Waals surface area contributed by atoms with E-state index in [1.54, 1.807) is 13.3 Å². The maximum Gasteiger partial charge on any atom is 0.208 e. The third kappa shape index (κ3) is 3.47. The van der Waals surface area contributed by atoms with Crippen LogP contribution in [0, 0.1) is 0 Å². The fourth-order valence-corrected chi connectivity index (χ4v) is 1.16. The van der Waals surface area contributed by atoms with E-state index in [0.29, 0.717) is 6.54 Å². The fraction of sp³-hybridized carbons (Fsp3) is 0.700. The first-order valence-corrected chi connectivity index (χ1v) is 4.87. The highest BCUT2D eigenvalue weighted by molar-refractivity contribution is 4.94. The molecule has 0 aliphatic carbocycles. The molecule has 0 aromatic carbocycles. The van der Waals surface area contributed by atoms with Crippen molar-refractivity contribution >= 4 is 0 Å². The van der Waals surface area contributed by atoms with Crippen molar-refractivity contribution in [2.45, 2.75) is 32.4 Å². The van der Waals surface area contributed by atoms with Gasteiger partial charge in [-0.3, -0.25) is 0 Å². The van der Waals surface area contributed by atoms with Crippen LogP contribution in [0.15, 0.2) is 10.6 Å². The predicted molar refractivity (Wildman–Crippen MR) is 54.1 cm³/mol. The van der Waals surface area contributed by atoms with Gasteiger partial charge in [0.1, 0.15) is 5.76 Å². The Kier molecular flexibility index (Phi) is 4.62. The number of oxazole rings is 1. The van der Waals surface area contributed by atoms with E-state index in [9.17, 15) is 0 Å². The Morgan fingerprint density at radius 2 is 2.43 bits per heavy atom. The van der Waals surface area contributed by atoms with Crippen LogP contribution in [0.3, 0.4) is 0 Å². The Hall–Kier alpha value is -0.870. The molecule has 0 aliphatic rings. The molecule has 0 saturated carbocycles. The zero-order valence-electron chi connectivity index (χ0n) is 9.04. The van der Waals surface area contributed by atoms with E-state index in [-0.39, 0.29) is 6.10 Å². The Labute approximate surface area is 84.7 Å². The molecule has 0 saturated heterocycles. The Balaban J connectivity index is 2.35. The average molecular weight is 198 g/mol. The average Bonchev–Trinajstić information content (AvgIpc) is 2.63. The molecule has 4 nitrogen and oxygen atoms in total. The van der Waals surface area contributed by atoms with Crippen molar-refractivity contribution in [1.82, 2.24) is 10.3 Å². The maximum absolute atomic E-state index is 5.49. The van der Waals surface area contributed by atoms with Gasteiger partial charge in [-0.05, 0) is 20.4 Å². The van der Waals surface area contributed by atoms with Gasteiger partial charge in [-0.1, -0.05) is 0 Å². The number of rotatable bonds is 6. The van der Waals surface area contributed by atoms with Crippen LogP contribution in [0.2, 0.25) is 0 Å². The summed E-state index contributed by atoms with van der Waals surface area (Å²) in [4.78, 5) is 4.14. The van der Waals surface area contributed by atoms with Crippen molar-refractivity contribution in [2.24, 2.45) is 0 Å². The number of hydrogen-bond acceptors (Lipinski definition) is 4. The summed E-state index contributed by atoms with van der Waals surface area (Å²) in [5, 5.41) is 2.99. The second kappa shape index (κ2) is 5.78. The highest BCUT2D eigenvalue weighted by Crippen LogP contribution is 2.08. The number of hydrogen-bond donors (Lipinski definition) is 1. The summed E-state index contributed by atoms with van der Waals surface area (Å²) in [7, 11) is 3.59. The molecular formula is C10H18N2O2. The SMILES string of the molecule is CNCc1ncc(CCC(C)OC)o1. The van der Waals surface area contributed by atoms with E-state index in [1.807, 2.05) is 14.0 Å². The molecule has 0 amide bonds. The lowest BCUT2D eigenvalue weighted by molar-refractivity contribution is 0.110. The van der Waals surface area contributed by atoms with Crippen molar-refractivity contribution in [3.63, 3.8) is 0 Å². The maximum atomic E-state index is 5.49. The van der Waals surface area contributed by atoms with Crippen LogP contribution in [-0.2, 0) is 17.7 Å². The minimum atomic E-state index is 0.271. The van der Waals surface area contributed by atoms with E-state index >= 15 is 0 Å². The van der Waals surface area contributed by atoms with E-state index in [1.165, 1.54) is 0 Å². The Morgan fingerprint density at radius 1 is 1.64 bits per heavy atom. The van der Waals surface area contributed by atoms with Crippen molar-refractivity contribution in [1.29, 1.82) is 0 Å². The van der Waals surface area contributed by atoms with Gasteiger partial charge in [-0.25, -0.2) is 4.98 Å². The van der Waals surface area contributed by atoms with Crippen LogP contribution in [-0.4, -0.2) is 25.2 Å². The minimum absolute atomic E-state index is 0.271. The number of aryl methyl sites for hydroxylation is 1. The highest BCUT2D eigenvalue weighted by Gasteiger charge is 2.05. The molecule has 1 rings (SSSR count). The van der Waals surface area contributed by atoms with Gasteiger partial charge in [0.25, 0.3) is 0 Å². The zero-order valence-corrected chi connectivity index (χ0v) is 9.04. The molecule has 0 aliphatic heterocycles. The highest BCUT2D eigenvalue weighted by atomic mass is 16.5. The molecular weight excluding hydrogens is 180 g/mol. The van der Waals surface area contributed by atoms with Crippen LogP contribution in [0.25, 0.3) is 0 Å². The number of ether oxygens (including phenoxy) is 1. The quantitative estimate of drug-likeness (QED) is 0.749. The van der Waals surface area contributed by atoms with Gasteiger partial charge in [0.15, 0.2) is 0 Å². The topological polar surface area (TPSA) is 47.3 Å². The zero-order chi connectivity index (χ0) is 10.4. The third-order valence-electron chi connectivity index (χ3n) is 2.13. The summed E-state index contributed by atoms with van der Waals surface area (Å²) in [6, 6.07) is 0. The van der Waals surface area contributed by atoms with E-state index in [2.05, 4.69) is 10.3 Å². The monoisotopic (exact) mass is 198 g/mol. The molecule has 0 bridgehead atoms. The number of nitrogens with one attached hydrogen (secondary N) is 1. The lowest BCUT2D eigenvalue weighted by Crippen LogP contribution is -2.05. The second-order valence-electron chi connectivity index (χ2n) is 3.34. The smallest absolute Gasteiger partial charge is 0.208 e. The van der Waals surface area contributed by atoms with Gasteiger partial charge < -0.3 is 14.5 Å². The van der Waals surface area contributed by atoms with Crippen LogP contribution in [0.5, 0.6) is 0 Å².